The highest BCUT2D eigenvalue weighted by molar-refractivity contribution is 5.63. The fourth-order valence-corrected chi connectivity index (χ4v) is 2.80. The van der Waals surface area contributed by atoms with Crippen LogP contribution in [-0.4, -0.2) is 45.2 Å². The van der Waals surface area contributed by atoms with Crippen LogP contribution in [0.15, 0.2) is 12.1 Å². The number of rotatable bonds is 3. The minimum Gasteiger partial charge on any atom is -0.495 e. The maximum atomic E-state index is 14.1. The summed E-state index contributed by atoms with van der Waals surface area (Å²) in [5, 5.41) is 0. The lowest BCUT2D eigenvalue weighted by atomic mass is 10.1. The maximum Gasteiger partial charge on any atom is 0.148 e. The van der Waals surface area contributed by atoms with Gasteiger partial charge in [-0.2, -0.15) is 0 Å². The number of benzene rings is 1. The third kappa shape index (κ3) is 2.61. The first-order chi connectivity index (χ1) is 8.93. The molecule has 19 heavy (non-hydrogen) atoms. The maximum absolute atomic E-state index is 14.1. The molecule has 4 nitrogen and oxygen atoms in total. The average molecular weight is 267 g/mol. The van der Waals surface area contributed by atoms with E-state index in [1.165, 1.54) is 6.07 Å². The molecular weight excluding hydrogens is 245 g/mol. The Bertz CT molecular complexity index is 464. The Hall–Kier alpha value is -1.49. The molecule has 0 aliphatic carbocycles. The summed E-state index contributed by atoms with van der Waals surface area (Å²) in [6.45, 7) is 3.85. The van der Waals surface area contributed by atoms with Crippen LogP contribution in [-0.2, 0) is 0 Å². The molecule has 106 valence electrons. The van der Waals surface area contributed by atoms with Gasteiger partial charge < -0.3 is 20.3 Å². The van der Waals surface area contributed by atoms with Gasteiger partial charge >= 0.3 is 0 Å². The Morgan fingerprint density at radius 2 is 2.05 bits per heavy atom. The molecule has 2 N–H and O–H groups in total. The van der Waals surface area contributed by atoms with Crippen LogP contribution in [0, 0.1) is 11.7 Å². The Morgan fingerprint density at radius 1 is 1.37 bits per heavy atom. The summed E-state index contributed by atoms with van der Waals surface area (Å²) < 4.78 is 19.3. The summed E-state index contributed by atoms with van der Waals surface area (Å²) >= 11 is 0. The number of hydrogen-bond acceptors (Lipinski definition) is 4. The number of hydrogen-bond donors (Lipinski definition) is 1. The smallest absolute Gasteiger partial charge is 0.148 e. The van der Waals surface area contributed by atoms with Gasteiger partial charge in [0.05, 0.1) is 18.5 Å². The van der Waals surface area contributed by atoms with Crippen molar-refractivity contribution in [3.8, 4) is 5.75 Å². The van der Waals surface area contributed by atoms with Crippen LogP contribution in [0.25, 0.3) is 0 Å². The molecule has 5 heteroatoms. The number of nitrogens with zero attached hydrogens (tertiary/aromatic N) is 2. The van der Waals surface area contributed by atoms with Crippen LogP contribution in [0.3, 0.4) is 0 Å². The van der Waals surface area contributed by atoms with Crippen molar-refractivity contribution in [3.63, 3.8) is 0 Å². The van der Waals surface area contributed by atoms with Crippen molar-refractivity contribution < 1.29 is 9.13 Å². The topological polar surface area (TPSA) is 41.7 Å². The van der Waals surface area contributed by atoms with E-state index in [-0.39, 0.29) is 5.82 Å². The lowest BCUT2D eigenvalue weighted by Gasteiger charge is -2.23. The number of likely N-dealkylation sites (N-methyl/N-ethyl adjacent to an activating group) is 1. The van der Waals surface area contributed by atoms with E-state index in [0.717, 1.165) is 13.1 Å². The normalized spacial score (nSPS) is 23.2. The first-order valence-corrected chi connectivity index (χ1v) is 6.48. The summed E-state index contributed by atoms with van der Waals surface area (Å²) in [5.74, 6) is 0.736. The van der Waals surface area contributed by atoms with E-state index < -0.39 is 0 Å². The van der Waals surface area contributed by atoms with E-state index in [9.17, 15) is 4.39 Å². The van der Waals surface area contributed by atoms with Crippen LogP contribution < -0.4 is 15.4 Å². The molecule has 1 aliphatic heterocycles. The van der Waals surface area contributed by atoms with Gasteiger partial charge in [-0.25, -0.2) is 4.39 Å². The molecular formula is C14H22FN3O. The third-order valence-electron chi connectivity index (χ3n) is 3.88. The highest BCUT2D eigenvalue weighted by Crippen LogP contribution is 2.34. The zero-order valence-electron chi connectivity index (χ0n) is 12.0. The molecule has 0 amide bonds. The Labute approximate surface area is 113 Å². The van der Waals surface area contributed by atoms with Gasteiger partial charge in [-0.3, -0.25) is 0 Å². The predicted molar refractivity (Wildman–Crippen MR) is 76.2 cm³/mol. The zero-order chi connectivity index (χ0) is 14.2. The third-order valence-corrected chi connectivity index (χ3v) is 3.88. The van der Waals surface area contributed by atoms with Crippen molar-refractivity contribution in [2.75, 3.05) is 44.9 Å². The van der Waals surface area contributed by atoms with Gasteiger partial charge in [-0.05, 0) is 20.0 Å². The van der Waals surface area contributed by atoms with E-state index in [4.69, 9.17) is 10.5 Å². The van der Waals surface area contributed by atoms with Crippen LogP contribution >= 0.6 is 0 Å². The highest BCUT2D eigenvalue weighted by Gasteiger charge is 2.32. The lowest BCUT2D eigenvalue weighted by molar-refractivity contribution is 0.266. The average Bonchev–Trinajstić information content (AvgIpc) is 2.71. The van der Waals surface area contributed by atoms with Crippen molar-refractivity contribution in [3.05, 3.63) is 17.9 Å². The number of nitrogens with two attached hydrogens (primary N) is 1. The molecule has 1 saturated heterocycles. The molecule has 2 unspecified atom stereocenters. The van der Waals surface area contributed by atoms with Crippen molar-refractivity contribution in [2.24, 2.45) is 5.92 Å². The minimum absolute atomic E-state index is 0.287. The molecule has 0 bridgehead atoms. The molecule has 1 aromatic carbocycles. The SMILES string of the molecule is COc1cc(N2CC(C)C(N(C)C)C2)c(F)cc1N. The van der Waals surface area contributed by atoms with Crippen molar-refractivity contribution in [1.82, 2.24) is 4.90 Å². The Morgan fingerprint density at radius 3 is 2.58 bits per heavy atom. The lowest BCUT2D eigenvalue weighted by Crippen LogP contribution is -2.34. The molecule has 2 rings (SSSR count). The molecule has 1 fully saturated rings. The first-order valence-electron chi connectivity index (χ1n) is 6.48. The molecule has 1 aromatic rings. The summed E-state index contributed by atoms with van der Waals surface area (Å²) in [6.07, 6.45) is 0. The van der Waals surface area contributed by atoms with Crippen LogP contribution in [0.2, 0.25) is 0 Å². The molecule has 1 aliphatic rings. The number of anilines is 2. The van der Waals surface area contributed by atoms with Gasteiger partial charge in [0.25, 0.3) is 0 Å². The molecule has 0 aromatic heterocycles. The molecule has 0 spiro atoms. The Balaban J connectivity index is 2.28. The van der Waals surface area contributed by atoms with Gasteiger partial charge in [0.15, 0.2) is 0 Å². The fraction of sp³-hybridized carbons (Fsp3) is 0.571. The first kappa shape index (κ1) is 13.9. The van der Waals surface area contributed by atoms with E-state index in [1.807, 2.05) is 0 Å². The van der Waals surface area contributed by atoms with Crippen molar-refractivity contribution in [1.29, 1.82) is 0 Å². The highest BCUT2D eigenvalue weighted by atomic mass is 19.1. The van der Waals surface area contributed by atoms with E-state index in [2.05, 4.69) is 30.8 Å². The van der Waals surface area contributed by atoms with Gasteiger partial charge in [-0.1, -0.05) is 6.92 Å². The quantitative estimate of drug-likeness (QED) is 0.848. The van der Waals surface area contributed by atoms with Crippen molar-refractivity contribution >= 4 is 11.4 Å². The van der Waals surface area contributed by atoms with Gasteiger partial charge in [-0.15, -0.1) is 0 Å². The molecule has 1 heterocycles. The van der Waals surface area contributed by atoms with Gasteiger partial charge in [0, 0.05) is 31.3 Å². The summed E-state index contributed by atoms with van der Waals surface area (Å²) in [7, 11) is 5.66. The largest absolute Gasteiger partial charge is 0.495 e. The number of ether oxygens (including phenoxy) is 1. The second-order valence-corrected chi connectivity index (χ2v) is 5.46. The zero-order valence-corrected chi connectivity index (χ0v) is 12.0. The monoisotopic (exact) mass is 267 g/mol. The predicted octanol–water partition coefficient (Wildman–Crippen LogP) is 1.80. The van der Waals surface area contributed by atoms with Crippen LogP contribution in [0.4, 0.5) is 15.8 Å². The number of nitrogen functional groups attached to an aromatic ring is 1. The van der Waals surface area contributed by atoms with Gasteiger partial charge in [0.2, 0.25) is 0 Å². The number of methoxy groups -OCH3 is 1. The van der Waals surface area contributed by atoms with E-state index in [0.29, 0.717) is 29.1 Å². The van der Waals surface area contributed by atoms with Crippen LogP contribution in [0.1, 0.15) is 6.92 Å². The molecule has 0 saturated carbocycles. The van der Waals surface area contributed by atoms with Crippen molar-refractivity contribution in [2.45, 2.75) is 13.0 Å². The second-order valence-electron chi connectivity index (χ2n) is 5.46. The summed E-state index contributed by atoms with van der Waals surface area (Å²) in [6, 6.07) is 3.46. The van der Waals surface area contributed by atoms with Gasteiger partial charge in [0.1, 0.15) is 11.6 Å². The fourth-order valence-electron chi connectivity index (χ4n) is 2.80. The van der Waals surface area contributed by atoms with E-state index in [1.54, 1.807) is 13.2 Å². The summed E-state index contributed by atoms with van der Waals surface area (Å²) in [5.41, 5.74) is 6.62. The molecule has 0 radical (unpaired) electrons. The number of halogens is 1. The summed E-state index contributed by atoms with van der Waals surface area (Å²) in [4.78, 5) is 4.25. The van der Waals surface area contributed by atoms with E-state index >= 15 is 0 Å². The molecule has 2 atom stereocenters. The standard InChI is InChI=1S/C14H22FN3O/c1-9-7-18(8-13(9)17(2)3)12-6-14(19-4)11(16)5-10(12)15/h5-6,9,13H,7-8,16H2,1-4H3. The van der Waals surface area contributed by atoms with Crippen LogP contribution in [0.5, 0.6) is 5.75 Å². The minimum atomic E-state index is -0.287. The second kappa shape index (κ2) is 5.25. The Kier molecular flexibility index (Phi) is 3.85.